The summed E-state index contributed by atoms with van der Waals surface area (Å²) in [6, 6.07) is 5.99. The number of aromatic nitrogens is 2. The number of likely N-dealkylation sites (tertiary alicyclic amines) is 1. The van der Waals surface area contributed by atoms with Crippen molar-refractivity contribution in [3.05, 3.63) is 36.0 Å². The Labute approximate surface area is 151 Å². The van der Waals surface area contributed by atoms with Gasteiger partial charge < -0.3 is 14.1 Å². The second-order valence-corrected chi connectivity index (χ2v) is 6.91. The smallest absolute Gasteiger partial charge is 0.251 e. The van der Waals surface area contributed by atoms with Gasteiger partial charge in [0, 0.05) is 31.2 Å². The van der Waals surface area contributed by atoms with Gasteiger partial charge in [0.05, 0.1) is 0 Å². The standard InChI is InChI=1S/C19H22FN3O3/c20-15-6-4-13(5-7-15)17-21-22-18(26-17)14-8-10-23(11-9-14)19(24)16-3-1-2-12-25-16/h4-7,14,16H,1-3,8-12H2/t16-/m0/s1. The molecule has 2 aliphatic heterocycles. The minimum Gasteiger partial charge on any atom is -0.420 e. The lowest BCUT2D eigenvalue weighted by Crippen LogP contribution is -2.45. The van der Waals surface area contributed by atoms with Crippen molar-refractivity contribution in [1.82, 2.24) is 15.1 Å². The summed E-state index contributed by atoms with van der Waals surface area (Å²) in [4.78, 5) is 14.4. The Hall–Kier alpha value is -2.28. The number of benzene rings is 1. The quantitative estimate of drug-likeness (QED) is 0.842. The van der Waals surface area contributed by atoms with Crippen molar-refractivity contribution in [3.8, 4) is 11.5 Å². The number of hydrogen-bond acceptors (Lipinski definition) is 5. The van der Waals surface area contributed by atoms with Gasteiger partial charge in [-0.1, -0.05) is 0 Å². The molecule has 6 nitrogen and oxygen atoms in total. The summed E-state index contributed by atoms with van der Waals surface area (Å²) >= 11 is 0. The summed E-state index contributed by atoms with van der Waals surface area (Å²) in [6.45, 7) is 2.04. The van der Waals surface area contributed by atoms with Crippen LogP contribution in [0.4, 0.5) is 4.39 Å². The molecule has 0 bridgehead atoms. The minimum atomic E-state index is -0.299. The minimum absolute atomic E-state index is 0.112. The van der Waals surface area contributed by atoms with Crippen LogP contribution >= 0.6 is 0 Å². The van der Waals surface area contributed by atoms with E-state index in [1.807, 2.05) is 4.90 Å². The Kier molecular flexibility index (Phi) is 4.97. The third-order valence-electron chi connectivity index (χ3n) is 5.14. The van der Waals surface area contributed by atoms with Gasteiger partial charge in [0.15, 0.2) is 0 Å². The van der Waals surface area contributed by atoms with Crippen molar-refractivity contribution in [1.29, 1.82) is 0 Å². The second-order valence-electron chi connectivity index (χ2n) is 6.91. The molecule has 0 N–H and O–H groups in total. The van der Waals surface area contributed by atoms with Gasteiger partial charge in [-0.15, -0.1) is 10.2 Å². The third-order valence-corrected chi connectivity index (χ3v) is 5.14. The van der Waals surface area contributed by atoms with Crippen molar-refractivity contribution >= 4 is 5.91 Å². The van der Waals surface area contributed by atoms with Crippen LogP contribution in [0.3, 0.4) is 0 Å². The molecule has 3 heterocycles. The molecule has 2 fully saturated rings. The van der Waals surface area contributed by atoms with Crippen molar-refractivity contribution < 1.29 is 18.3 Å². The maximum Gasteiger partial charge on any atom is 0.251 e. The summed E-state index contributed by atoms with van der Waals surface area (Å²) < 4.78 is 24.4. The fraction of sp³-hybridized carbons (Fsp3) is 0.526. The lowest BCUT2D eigenvalue weighted by molar-refractivity contribution is -0.147. The highest BCUT2D eigenvalue weighted by Crippen LogP contribution is 2.30. The van der Waals surface area contributed by atoms with Crippen LogP contribution in [0.15, 0.2) is 28.7 Å². The molecule has 0 radical (unpaired) electrons. The molecule has 1 atom stereocenters. The van der Waals surface area contributed by atoms with E-state index in [9.17, 15) is 9.18 Å². The van der Waals surface area contributed by atoms with Crippen LogP contribution in [0.5, 0.6) is 0 Å². The molecule has 4 rings (SSSR count). The normalized spacial score (nSPS) is 21.7. The lowest BCUT2D eigenvalue weighted by atomic mass is 9.96. The Morgan fingerprint density at radius 3 is 2.54 bits per heavy atom. The zero-order chi connectivity index (χ0) is 17.9. The monoisotopic (exact) mass is 359 g/mol. The Morgan fingerprint density at radius 1 is 1.08 bits per heavy atom. The molecule has 2 saturated heterocycles. The number of amides is 1. The molecule has 26 heavy (non-hydrogen) atoms. The molecule has 2 aliphatic rings. The van der Waals surface area contributed by atoms with Crippen LogP contribution in [0.25, 0.3) is 11.5 Å². The van der Waals surface area contributed by atoms with Gasteiger partial charge in [0.2, 0.25) is 11.8 Å². The summed E-state index contributed by atoms with van der Waals surface area (Å²) in [5.74, 6) is 0.945. The lowest BCUT2D eigenvalue weighted by Gasteiger charge is -2.34. The number of rotatable bonds is 3. The van der Waals surface area contributed by atoms with Gasteiger partial charge in [-0.05, 0) is 56.4 Å². The third kappa shape index (κ3) is 3.62. The number of ether oxygens (including phenoxy) is 1. The zero-order valence-corrected chi connectivity index (χ0v) is 14.6. The highest BCUT2D eigenvalue weighted by molar-refractivity contribution is 5.81. The molecular weight excluding hydrogens is 337 g/mol. The number of nitrogens with zero attached hydrogens (tertiary/aromatic N) is 3. The molecule has 7 heteroatoms. The van der Waals surface area contributed by atoms with E-state index >= 15 is 0 Å². The Morgan fingerprint density at radius 2 is 1.85 bits per heavy atom. The fourth-order valence-corrected chi connectivity index (χ4v) is 3.59. The van der Waals surface area contributed by atoms with E-state index in [0.29, 0.717) is 37.0 Å². The van der Waals surface area contributed by atoms with Crippen molar-refractivity contribution in [2.24, 2.45) is 0 Å². The molecule has 0 unspecified atom stereocenters. The molecule has 0 spiro atoms. The molecule has 0 saturated carbocycles. The van der Waals surface area contributed by atoms with Crippen molar-refractivity contribution in [3.63, 3.8) is 0 Å². The highest BCUT2D eigenvalue weighted by atomic mass is 19.1. The molecule has 2 aromatic rings. The molecule has 1 aromatic carbocycles. The number of hydrogen-bond donors (Lipinski definition) is 0. The summed E-state index contributed by atoms with van der Waals surface area (Å²) in [7, 11) is 0. The SMILES string of the molecule is O=C([C@@H]1CCCCO1)N1CCC(c2nnc(-c3ccc(F)cc3)o2)CC1. The summed E-state index contributed by atoms with van der Waals surface area (Å²) in [5.41, 5.74) is 0.701. The molecule has 0 aliphatic carbocycles. The van der Waals surface area contributed by atoms with Gasteiger partial charge in [-0.25, -0.2) is 4.39 Å². The van der Waals surface area contributed by atoms with Crippen LogP contribution < -0.4 is 0 Å². The largest absolute Gasteiger partial charge is 0.420 e. The first-order valence-corrected chi connectivity index (χ1v) is 9.20. The average molecular weight is 359 g/mol. The first-order valence-electron chi connectivity index (χ1n) is 9.20. The van der Waals surface area contributed by atoms with E-state index in [2.05, 4.69) is 10.2 Å². The number of halogens is 1. The topological polar surface area (TPSA) is 68.5 Å². The van der Waals surface area contributed by atoms with Gasteiger partial charge >= 0.3 is 0 Å². The maximum atomic E-state index is 13.0. The highest BCUT2D eigenvalue weighted by Gasteiger charge is 2.32. The van der Waals surface area contributed by atoms with E-state index in [1.165, 1.54) is 12.1 Å². The van der Waals surface area contributed by atoms with Crippen LogP contribution in [0, 0.1) is 5.82 Å². The van der Waals surface area contributed by atoms with E-state index in [1.54, 1.807) is 12.1 Å². The van der Waals surface area contributed by atoms with E-state index < -0.39 is 0 Å². The second kappa shape index (κ2) is 7.53. The Bertz CT molecular complexity index is 748. The Balaban J connectivity index is 1.36. The number of carbonyl (C=O) groups is 1. The number of carbonyl (C=O) groups excluding carboxylic acids is 1. The van der Waals surface area contributed by atoms with Gasteiger partial charge in [0.1, 0.15) is 11.9 Å². The van der Waals surface area contributed by atoms with Gasteiger partial charge in [-0.3, -0.25) is 4.79 Å². The van der Waals surface area contributed by atoms with Crippen LogP contribution in [0.1, 0.15) is 43.9 Å². The van der Waals surface area contributed by atoms with Crippen LogP contribution in [-0.4, -0.2) is 46.8 Å². The van der Waals surface area contributed by atoms with Crippen molar-refractivity contribution in [2.45, 2.75) is 44.1 Å². The first-order chi connectivity index (χ1) is 12.7. The van der Waals surface area contributed by atoms with E-state index in [0.717, 1.165) is 32.1 Å². The molecule has 138 valence electrons. The van der Waals surface area contributed by atoms with Crippen LogP contribution in [0.2, 0.25) is 0 Å². The first kappa shape index (κ1) is 17.1. The van der Waals surface area contributed by atoms with Crippen LogP contribution in [-0.2, 0) is 9.53 Å². The van der Waals surface area contributed by atoms with Crippen molar-refractivity contribution in [2.75, 3.05) is 19.7 Å². The number of piperidine rings is 1. The maximum absolute atomic E-state index is 13.0. The van der Waals surface area contributed by atoms with E-state index in [4.69, 9.17) is 9.15 Å². The summed E-state index contributed by atoms with van der Waals surface area (Å²) in [5, 5.41) is 8.24. The zero-order valence-electron chi connectivity index (χ0n) is 14.6. The van der Waals surface area contributed by atoms with Gasteiger partial charge in [-0.2, -0.15) is 0 Å². The summed E-state index contributed by atoms with van der Waals surface area (Å²) in [6.07, 6.45) is 4.24. The molecule has 1 aromatic heterocycles. The fourth-order valence-electron chi connectivity index (χ4n) is 3.59. The molecular formula is C19H22FN3O3. The average Bonchev–Trinajstić information content (AvgIpc) is 3.19. The molecule has 1 amide bonds. The predicted molar refractivity (Wildman–Crippen MR) is 91.8 cm³/mol. The van der Waals surface area contributed by atoms with Gasteiger partial charge in [0.25, 0.3) is 5.91 Å². The predicted octanol–water partition coefficient (Wildman–Crippen LogP) is 3.15. The van der Waals surface area contributed by atoms with E-state index in [-0.39, 0.29) is 23.7 Å².